The summed E-state index contributed by atoms with van der Waals surface area (Å²) >= 11 is 0. The molecule has 1 atom stereocenters. The van der Waals surface area contributed by atoms with E-state index in [0.29, 0.717) is 24.7 Å². The topological polar surface area (TPSA) is 74.5 Å². The maximum Gasteiger partial charge on any atom is 0.329 e. The summed E-state index contributed by atoms with van der Waals surface area (Å²) in [5, 5.41) is 2.98. The van der Waals surface area contributed by atoms with Crippen LogP contribution in [-0.4, -0.2) is 28.8 Å². The van der Waals surface area contributed by atoms with Gasteiger partial charge in [-0.2, -0.15) is 0 Å². The number of aromatic nitrogens is 2. The number of nitrogens with one attached hydrogen (secondary N) is 1. The number of rotatable bonds is 9. The zero-order valence-electron chi connectivity index (χ0n) is 18.0. The average molecular weight is 412 g/mol. The van der Waals surface area contributed by atoms with Crippen molar-refractivity contribution < 1.29 is 14.3 Å². The minimum atomic E-state index is -0.248. The summed E-state index contributed by atoms with van der Waals surface area (Å²) in [6.45, 7) is 6.97. The van der Waals surface area contributed by atoms with Crippen LogP contribution in [0.3, 0.4) is 0 Å². The van der Waals surface area contributed by atoms with Gasteiger partial charge in [0.15, 0.2) is 11.5 Å². The highest BCUT2D eigenvalue weighted by Crippen LogP contribution is 2.30. The van der Waals surface area contributed by atoms with Crippen LogP contribution in [0.2, 0.25) is 0 Å². The van der Waals surface area contributed by atoms with E-state index >= 15 is 0 Å². The van der Waals surface area contributed by atoms with Crippen LogP contribution < -0.4 is 20.5 Å². The number of methoxy groups -OCH3 is 1. The van der Waals surface area contributed by atoms with E-state index in [1.807, 2.05) is 63.2 Å². The standard InChI is InChI=1S/C23H29N3O4/c1-5-13-25-18-9-7-8-10-19(18)26(23(25)28)15-22(27)24-16(3)17-11-12-20(30-6-2)21(14-17)29-4/h7-12,14,16H,5-6,13,15H2,1-4H3,(H,24,27). The predicted octanol–water partition coefficient (Wildman–Crippen LogP) is 3.50. The molecule has 0 fully saturated rings. The van der Waals surface area contributed by atoms with Crippen LogP contribution in [0.15, 0.2) is 47.3 Å². The van der Waals surface area contributed by atoms with Gasteiger partial charge in [0.25, 0.3) is 0 Å². The fourth-order valence-electron chi connectivity index (χ4n) is 3.61. The van der Waals surface area contributed by atoms with Gasteiger partial charge in [0.2, 0.25) is 5.91 Å². The van der Waals surface area contributed by atoms with Crippen molar-refractivity contribution in [3.8, 4) is 11.5 Å². The fraction of sp³-hybridized carbons (Fsp3) is 0.391. The Kier molecular flexibility index (Phi) is 6.82. The van der Waals surface area contributed by atoms with Crippen LogP contribution in [0.25, 0.3) is 11.0 Å². The molecule has 2 aromatic carbocycles. The molecule has 0 aliphatic rings. The third-order valence-corrected chi connectivity index (χ3v) is 5.04. The summed E-state index contributed by atoms with van der Waals surface area (Å²) in [4.78, 5) is 25.6. The molecule has 160 valence electrons. The highest BCUT2D eigenvalue weighted by molar-refractivity contribution is 5.81. The van der Waals surface area contributed by atoms with Crippen LogP contribution >= 0.6 is 0 Å². The molecule has 30 heavy (non-hydrogen) atoms. The van der Waals surface area contributed by atoms with Crippen LogP contribution in [0, 0.1) is 0 Å². The molecule has 0 saturated carbocycles. The van der Waals surface area contributed by atoms with Gasteiger partial charge in [-0.05, 0) is 50.1 Å². The Morgan fingerprint density at radius 2 is 1.77 bits per heavy atom. The molecule has 1 unspecified atom stereocenters. The van der Waals surface area contributed by atoms with Crippen molar-refractivity contribution in [2.75, 3.05) is 13.7 Å². The number of aryl methyl sites for hydroxylation is 1. The molecule has 0 aliphatic heterocycles. The second-order valence-electron chi connectivity index (χ2n) is 7.14. The minimum Gasteiger partial charge on any atom is -0.493 e. The molecule has 1 amide bonds. The Hall–Kier alpha value is -3.22. The molecule has 7 heteroatoms. The molecule has 3 aromatic rings. The lowest BCUT2D eigenvalue weighted by atomic mass is 10.1. The summed E-state index contributed by atoms with van der Waals surface area (Å²) in [6.07, 6.45) is 0.844. The smallest absolute Gasteiger partial charge is 0.329 e. The normalized spacial score (nSPS) is 12.0. The number of nitrogens with zero attached hydrogens (tertiary/aromatic N) is 2. The molecular weight excluding hydrogens is 382 g/mol. The Morgan fingerprint density at radius 3 is 2.40 bits per heavy atom. The molecule has 7 nitrogen and oxygen atoms in total. The van der Waals surface area contributed by atoms with E-state index in [4.69, 9.17) is 9.47 Å². The number of para-hydroxylation sites is 2. The van der Waals surface area contributed by atoms with Gasteiger partial charge in [0.05, 0.1) is 30.8 Å². The number of hydrogen-bond acceptors (Lipinski definition) is 4. The number of ether oxygens (including phenoxy) is 2. The Morgan fingerprint density at radius 1 is 1.07 bits per heavy atom. The number of fused-ring (bicyclic) bond motifs is 1. The van der Waals surface area contributed by atoms with E-state index in [-0.39, 0.29) is 24.2 Å². The lowest BCUT2D eigenvalue weighted by Gasteiger charge is -2.17. The molecule has 1 N–H and O–H groups in total. The third kappa shape index (κ3) is 4.35. The van der Waals surface area contributed by atoms with Crippen molar-refractivity contribution in [3.63, 3.8) is 0 Å². The van der Waals surface area contributed by atoms with Crippen LogP contribution in [0.4, 0.5) is 0 Å². The molecule has 0 bridgehead atoms. The first-order valence-electron chi connectivity index (χ1n) is 10.3. The van der Waals surface area contributed by atoms with Gasteiger partial charge in [-0.15, -0.1) is 0 Å². The van der Waals surface area contributed by atoms with E-state index in [2.05, 4.69) is 5.32 Å². The molecule has 1 aromatic heterocycles. The number of imidazole rings is 1. The van der Waals surface area contributed by atoms with Crippen molar-refractivity contribution in [2.24, 2.45) is 0 Å². The average Bonchev–Trinajstić information content (AvgIpc) is 3.00. The summed E-state index contributed by atoms with van der Waals surface area (Å²) < 4.78 is 14.2. The van der Waals surface area contributed by atoms with E-state index in [9.17, 15) is 9.59 Å². The Labute approximate surface area is 176 Å². The van der Waals surface area contributed by atoms with Crippen LogP contribution in [0.5, 0.6) is 11.5 Å². The van der Waals surface area contributed by atoms with Gasteiger partial charge in [0, 0.05) is 6.54 Å². The molecule has 3 rings (SSSR count). The first kappa shape index (κ1) is 21.5. The van der Waals surface area contributed by atoms with E-state index < -0.39 is 0 Å². The highest BCUT2D eigenvalue weighted by atomic mass is 16.5. The zero-order valence-corrected chi connectivity index (χ0v) is 18.0. The maximum atomic E-state index is 12.9. The van der Waals surface area contributed by atoms with Crippen molar-refractivity contribution in [1.29, 1.82) is 0 Å². The summed E-state index contributed by atoms with van der Waals surface area (Å²) in [6, 6.07) is 12.9. The highest BCUT2D eigenvalue weighted by Gasteiger charge is 2.17. The third-order valence-electron chi connectivity index (χ3n) is 5.04. The monoisotopic (exact) mass is 411 g/mol. The summed E-state index contributed by atoms with van der Waals surface area (Å²) in [5.74, 6) is 1.06. The van der Waals surface area contributed by atoms with Gasteiger partial charge in [0.1, 0.15) is 6.54 Å². The van der Waals surface area contributed by atoms with Gasteiger partial charge in [-0.3, -0.25) is 13.9 Å². The molecule has 0 spiro atoms. The lowest BCUT2D eigenvalue weighted by Crippen LogP contribution is -2.34. The summed E-state index contributed by atoms with van der Waals surface area (Å²) in [7, 11) is 1.59. The zero-order chi connectivity index (χ0) is 21.7. The first-order valence-corrected chi connectivity index (χ1v) is 10.3. The second kappa shape index (κ2) is 9.52. The van der Waals surface area contributed by atoms with E-state index in [1.165, 1.54) is 4.57 Å². The van der Waals surface area contributed by atoms with Gasteiger partial charge in [-0.1, -0.05) is 25.1 Å². The largest absolute Gasteiger partial charge is 0.493 e. The number of carbonyl (C=O) groups excluding carboxylic acids is 1. The predicted molar refractivity (Wildman–Crippen MR) is 117 cm³/mol. The second-order valence-corrected chi connectivity index (χ2v) is 7.14. The number of benzene rings is 2. The Balaban J connectivity index is 1.79. The maximum absolute atomic E-state index is 12.9. The Bertz CT molecular complexity index is 1080. The van der Waals surface area contributed by atoms with Gasteiger partial charge >= 0.3 is 5.69 Å². The van der Waals surface area contributed by atoms with Crippen molar-refractivity contribution in [3.05, 3.63) is 58.5 Å². The molecule has 0 saturated heterocycles. The van der Waals surface area contributed by atoms with Gasteiger partial charge < -0.3 is 14.8 Å². The SMILES string of the molecule is CCCn1c(=O)n(CC(=O)NC(C)c2ccc(OCC)c(OC)c2)c2ccccc21. The van der Waals surface area contributed by atoms with Crippen LogP contribution in [0.1, 0.15) is 38.8 Å². The number of carbonyl (C=O) groups is 1. The minimum absolute atomic E-state index is 0.0332. The van der Waals surface area contributed by atoms with Gasteiger partial charge in [-0.25, -0.2) is 4.79 Å². The molecule has 0 radical (unpaired) electrons. The lowest BCUT2D eigenvalue weighted by molar-refractivity contribution is -0.122. The van der Waals surface area contributed by atoms with Crippen molar-refractivity contribution >= 4 is 16.9 Å². The van der Waals surface area contributed by atoms with Crippen molar-refractivity contribution in [1.82, 2.24) is 14.5 Å². The van der Waals surface area contributed by atoms with Crippen LogP contribution in [-0.2, 0) is 17.9 Å². The molecule has 0 aliphatic carbocycles. The fourth-order valence-corrected chi connectivity index (χ4v) is 3.61. The summed E-state index contributed by atoms with van der Waals surface area (Å²) in [5.41, 5.74) is 2.34. The molecule has 1 heterocycles. The quantitative estimate of drug-likeness (QED) is 0.585. The number of hydrogen-bond donors (Lipinski definition) is 1. The molecular formula is C23H29N3O4. The van der Waals surface area contributed by atoms with E-state index in [1.54, 1.807) is 11.7 Å². The van der Waals surface area contributed by atoms with Crippen molar-refractivity contribution in [2.45, 2.75) is 46.3 Å². The first-order chi connectivity index (χ1) is 14.5. The van der Waals surface area contributed by atoms with E-state index in [0.717, 1.165) is 23.0 Å². The number of amides is 1.